The molecular weight excluding hydrogens is 398 g/mol. The maximum absolute atomic E-state index is 13.2. The van der Waals surface area contributed by atoms with Crippen molar-refractivity contribution in [2.24, 2.45) is 0 Å². The highest BCUT2D eigenvalue weighted by Crippen LogP contribution is 2.43. The van der Waals surface area contributed by atoms with Gasteiger partial charge in [0.25, 0.3) is 5.91 Å². The summed E-state index contributed by atoms with van der Waals surface area (Å²) in [5, 5.41) is 8.16. The fourth-order valence-corrected chi connectivity index (χ4v) is 4.17. The van der Waals surface area contributed by atoms with Crippen LogP contribution in [0.1, 0.15) is 59.4 Å². The Bertz CT molecular complexity index is 1030. The van der Waals surface area contributed by atoms with Crippen LogP contribution in [-0.2, 0) is 4.74 Å². The van der Waals surface area contributed by atoms with Crippen molar-refractivity contribution in [3.05, 3.63) is 75.9 Å². The number of hydrogen-bond acceptors (Lipinski definition) is 3. The molecule has 6 heteroatoms. The first-order valence-corrected chi connectivity index (χ1v) is 10.6. The molecule has 1 amide bonds. The summed E-state index contributed by atoms with van der Waals surface area (Å²) < 4.78 is 5.21. The van der Waals surface area contributed by atoms with E-state index in [9.17, 15) is 4.79 Å². The zero-order chi connectivity index (χ0) is 21.3. The number of benzene rings is 2. The number of ether oxygens (including phenoxy) is 1. The number of carbonyl (C=O) groups is 1. The van der Waals surface area contributed by atoms with E-state index in [1.807, 2.05) is 29.2 Å². The second-order valence-corrected chi connectivity index (χ2v) is 8.37. The zero-order valence-electron chi connectivity index (χ0n) is 17.5. The number of methoxy groups -OCH3 is 1. The summed E-state index contributed by atoms with van der Waals surface area (Å²) in [6.07, 6.45) is 0.775. The molecule has 0 bridgehead atoms. The summed E-state index contributed by atoms with van der Waals surface area (Å²) in [7, 11) is 1.68. The summed E-state index contributed by atoms with van der Waals surface area (Å²) in [5.74, 6) is 0.433. The minimum absolute atomic E-state index is 0.0215. The van der Waals surface area contributed by atoms with E-state index in [0.717, 1.165) is 28.8 Å². The van der Waals surface area contributed by atoms with E-state index in [1.165, 1.54) is 5.56 Å². The van der Waals surface area contributed by atoms with E-state index in [4.69, 9.17) is 16.3 Å². The molecule has 30 heavy (non-hydrogen) atoms. The van der Waals surface area contributed by atoms with Crippen LogP contribution in [0.2, 0.25) is 5.02 Å². The lowest BCUT2D eigenvalue weighted by Gasteiger charge is -2.26. The molecule has 2 heterocycles. The average molecular weight is 424 g/mol. The van der Waals surface area contributed by atoms with Crippen molar-refractivity contribution in [3.8, 4) is 11.3 Å². The van der Waals surface area contributed by atoms with Crippen LogP contribution in [-0.4, -0.2) is 41.3 Å². The molecule has 0 fully saturated rings. The summed E-state index contributed by atoms with van der Waals surface area (Å²) >= 11 is 6.07. The smallest absolute Gasteiger partial charge is 0.273 e. The Hall–Kier alpha value is -2.63. The molecule has 1 atom stereocenters. The topological polar surface area (TPSA) is 58.2 Å². The zero-order valence-corrected chi connectivity index (χ0v) is 18.2. The molecular formula is C24H26ClN3O2. The molecule has 0 aliphatic carbocycles. The molecule has 1 N–H and O–H groups in total. The van der Waals surface area contributed by atoms with Crippen LogP contribution in [0.5, 0.6) is 0 Å². The quantitative estimate of drug-likeness (QED) is 0.515. The normalized spacial score (nSPS) is 15.8. The van der Waals surface area contributed by atoms with Gasteiger partial charge in [-0.3, -0.25) is 9.89 Å². The van der Waals surface area contributed by atoms with Crippen LogP contribution < -0.4 is 0 Å². The van der Waals surface area contributed by atoms with Gasteiger partial charge in [-0.25, -0.2) is 0 Å². The monoisotopic (exact) mass is 423 g/mol. The highest BCUT2D eigenvalue weighted by Gasteiger charge is 2.41. The van der Waals surface area contributed by atoms with E-state index >= 15 is 0 Å². The first-order chi connectivity index (χ1) is 14.5. The predicted octanol–water partition coefficient (Wildman–Crippen LogP) is 5.44. The van der Waals surface area contributed by atoms with Crippen LogP contribution in [0.25, 0.3) is 11.3 Å². The van der Waals surface area contributed by atoms with Crippen LogP contribution in [0.3, 0.4) is 0 Å². The molecule has 1 aliphatic rings. The molecule has 0 saturated heterocycles. The maximum atomic E-state index is 13.2. The third-order valence-electron chi connectivity index (χ3n) is 5.65. The first kappa shape index (κ1) is 20.6. The Balaban J connectivity index is 1.79. The number of hydrogen-bond donors (Lipinski definition) is 1. The molecule has 0 radical (unpaired) electrons. The number of fused-ring (bicyclic) bond motifs is 1. The van der Waals surface area contributed by atoms with Gasteiger partial charge < -0.3 is 9.64 Å². The van der Waals surface area contributed by atoms with E-state index in [1.54, 1.807) is 7.11 Å². The second-order valence-electron chi connectivity index (χ2n) is 7.94. The number of H-pyrrole nitrogens is 1. The van der Waals surface area contributed by atoms with Gasteiger partial charge >= 0.3 is 0 Å². The van der Waals surface area contributed by atoms with Crippen molar-refractivity contribution >= 4 is 17.5 Å². The molecule has 2 aromatic carbocycles. The third-order valence-corrected chi connectivity index (χ3v) is 5.90. The van der Waals surface area contributed by atoms with Gasteiger partial charge in [-0.05, 0) is 35.6 Å². The van der Waals surface area contributed by atoms with E-state index in [-0.39, 0.29) is 11.9 Å². The standard InChI is InChI=1S/C24H26ClN3O2/c1-15(2)16-5-7-18(8-6-16)23-20-21(17-9-11-19(25)12-10-17)26-27-22(20)24(29)28(23)13-4-14-30-3/h5-12,15,23H,4,13-14H2,1-3H3,(H,26,27). The molecule has 156 valence electrons. The number of aromatic amines is 1. The van der Waals surface area contributed by atoms with Crippen LogP contribution in [0, 0.1) is 0 Å². The lowest BCUT2D eigenvalue weighted by molar-refractivity contribution is 0.0723. The van der Waals surface area contributed by atoms with Gasteiger partial charge in [0.05, 0.1) is 11.7 Å². The Morgan fingerprint density at radius 1 is 1.13 bits per heavy atom. The first-order valence-electron chi connectivity index (χ1n) is 10.2. The van der Waals surface area contributed by atoms with Crippen molar-refractivity contribution < 1.29 is 9.53 Å². The van der Waals surface area contributed by atoms with E-state index in [2.05, 4.69) is 48.3 Å². The molecule has 3 aromatic rings. The highest BCUT2D eigenvalue weighted by atomic mass is 35.5. The molecule has 5 nitrogen and oxygen atoms in total. The molecule has 1 aliphatic heterocycles. The third kappa shape index (κ3) is 3.75. The van der Waals surface area contributed by atoms with Gasteiger partial charge in [0.1, 0.15) is 5.69 Å². The van der Waals surface area contributed by atoms with Gasteiger partial charge in [0.2, 0.25) is 0 Å². The summed E-state index contributed by atoms with van der Waals surface area (Å²) in [4.78, 5) is 15.2. The van der Waals surface area contributed by atoms with Crippen molar-refractivity contribution in [1.29, 1.82) is 0 Å². The molecule has 1 unspecified atom stereocenters. The number of aromatic nitrogens is 2. The largest absolute Gasteiger partial charge is 0.385 e. The van der Waals surface area contributed by atoms with Gasteiger partial charge in [0, 0.05) is 36.4 Å². The Labute approximate surface area is 182 Å². The summed E-state index contributed by atoms with van der Waals surface area (Å²) in [6, 6.07) is 15.9. The second kappa shape index (κ2) is 8.62. The number of carbonyl (C=O) groups excluding carboxylic acids is 1. The molecule has 0 spiro atoms. The van der Waals surface area contributed by atoms with Crippen molar-refractivity contribution in [1.82, 2.24) is 15.1 Å². The Morgan fingerprint density at radius 2 is 1.83 bits per heavy atom. The number of amides is 1. The minimum Gasteiger partial charge on any atom is -0.385 e. The molecule has 1 aromatic heterocycles. The van der Waals surface area contributed by atoms with Crippen molar-refractivity contribution in [2.45, 2.75) is 32.2 Å². The van der Waals surface area contributed by atoms with Gasteiger partial charge in [-0.1, -0.05) is 61.8 Å². The fourth-order valence-electron chi connectivity index (χ4n) is 4.04. The van der Waals surface area contributed by atoms with Gasteiger partial charge in [0.15, 0.2) is 0 Å². The van der Waals surface area contributed by atoms with E-state index < -0.39 is 0 Å². The fraction of sp³-hybridized carbons (Fsp3) is 0.333. The number of nitrogens with zero attached hydrogens (tertiary/aromatic N) is 2. The minimum atomic E-state index is -0.185. The van der Waals surface area contributed by atoms with Gasteiger partial charge in [-0.2, -0.15) is 5.10 Å². The lowest BCUT2D eigenvalue weighted by atomic mass is 9.94. The Morgan fingerprint density at radius 3 is 2.47 bits per heavy atom. The van der Waals surface area contributed by atoms with Crippen LogP contribution >= 0.6 is 11.6 Å². The van der Waals surface area contributed by atoms with Gasteiger partial charge in [-0.15, -0.1) is 0 Å². The van der Waals surface area contributed by atoms with E-state index in [0.29, 0.717) is 29.8 Å². The predicted molar refractivity (Wildman–Crippen MR) is 119 cm³/mol. The average Bonchev–Trinajstić information content (AvgIpc) is 3.28. The summed E-state index contributed by atoms with van der Waals surface area (Å²) in [5.41, 5.74) is 5.58. The number of halogens is 1. The Kier molecular flexibility index (Phi) is 5.93. The SMILES string of the molecule is COCCCN1C(=O)c2[nH]nc(-c3ccc(Cl)cc3)c2C1c1ccc(C(C)C)cc1. The van der Waals surface area contributed by atoms with Crippen molar-refractivity contribution in [2.75, 3.05) is 20.3 Å². The summed E-state index contributed by atoms with van der Waals surface area (Å²) in [6.45, 7) is 5.58. The van der Waals surface area contributed by atoms with Crippen LogP contribution in [0.15, 0.2) is 48.5 Å². The van der Waals surface area contributed by atoms with Crippen molar-refractivity contribution in [3.63, 3.8) is 0 Å². The highest BCUT2D eigenvalue weighted by molar-refractivity contribution is 6.30. The molecule has 4 rings (SSSR count). The molecule has 0 saturated carbocycles. The number of rotatable bonds is 7. The maximum Gasteiger partial charge on any atom is 0.273 e. The van der Waals surface area contributed by atoms with Crippen LogP contribution in [0.4, 0.5) is 0 Å². The number of nitrogens with one attached hydrogen (secondary N) is 1. The lowest BCUT2D eigenvalue weighted by Crippen LogP contribution is -2.31.